The van der Waals surface area contributed by atoms with Gasteiger partial charge in [-0.25, -0.2) is 0 Å². The SMILES string of the molecule is COCc1cccc(C(=O)N2[C@H]3CCNC[C@@H]2CC3)c1. The zero-order valence-corrected chi connectivity index (χ0v) is 12.0. The lowest BCUT2D eigenvalue weighted by Gasteiger charge is -2.28. The van der Waals surface area contributed by atoms with Crippen molar-refractivity contribution in [3.05, 3.63) is 35.4 Å². The van der Waals surface area contributed by atoms with Crippen molar-refractivity contribution in [3.8, 4) is 0 Å². The molecule has 2 aliphatic rings. The van der Waals surface area contributed by atoms with Crippen molar-refractivity contribution >= 4 is 5.91 Å². The van der Waals surface area contributed by atoms with E-state index in [2.05, 4.69) is 10.2 Å². The Hall–Kier alpha value is -1.39. The van der Waals surface area contributed by atoms with E-state index < -0.39 is 0 Å². The number of nitrogens with one attached hydrogen (secondary N) is 1. The van der Waals surface area contributed by atoms with Gasteiger partial charge in [-0.1, -0.05) is 12.1 Å². The molecule has 0 unspecified atom stereocenters. The Morgan fingerprint density at radius 3 is 3.05 bits per heavy atom. The van der Waals surface area contributed by atoms with Gasteiger partial charge in [0.1, 0.15) is 0 Å². The molecule has 2 saturated heterocycles. The third-order valence-electron chi connectivity index (χ3n) is 4.37. The van der Waals surface area contributed by atoms with Crippen LogP contribution in [-0.4, -0.2) is 43.1 Å². The number of methoxy groups -OCH3 is 1. The minimum Gasteiger partial charge on any atom is -0.380 e. The van der Waals surface area contributed by atoms with Crippen LogP contribution in [0.2, 0.25) is 0 Å². The summed E-state index contributed by atoms with van der Waals surface area (Å²) in [5.41, 5.74) is 1.84. The van der Waals surface area contributed by atoms with Crippen molar-refractivity contribution in [1.29, 1.82) is 0 Å². The summed E-state index contributed by atoms with van der Waals surface area (Å²) >= 11 is 0. The van der Waals surface area contributed by atoms with Crippen LogP contribution in [0.15, 0.2) is 24.3 Å². The maximum absolute atomic E-state index is 12.8. The molecule has 20 heavy (non-hydrogen) atoms. The van der Waals surface area contributed by atoms with Crippen LogP contribution in [0.25, 0.3) is 0 Å². The summed E-state index contributed by atoms with van der Waals surface area (Å²) in [5, 5.41) is 3.43. The van der Waals surface area contributed by atoms with Gasteiger partial charge in [0, 0.05) is 31.3 Å². The molecule has 2 bridgehead atoms. The number of hydrogen-bond donors (Lipinski definition) is 1. The number of ether oxygens (including phenoxy) is 1. The van der Waals surface area contributed by atoms with Gasteiger partial charge in [-0.2, -0.15) is 0 Å². The second kappa shape index (κ2) is 5.94. The maximum atomic E-state index is 12.8. The highest BCUT2D eigenvalue weighted by Gasteiger charge is 2.38. The van der Waals surface area contributed by atoms with E-state index in [1.807, 2.05) is 24.3 Å². The van der Waals surface area contributed by atoms with Crippen LogP contribution < -0.4 is 5.32 Å². The number of carbonyl (C=O) groups excluding carboxylic acids is 1. The van der Waals surface area contributed by atoms with Gasteiger partial charge in [0.15, 0.2) is 0 Å². The molecule has 2 atom stereocenters. The molecule has 1 aromatic carbocycles. The average molecular weight is 274 g/mol. The van der Waals surface area contributed by atoms with E-state index in [9.17, 15) is 4.79 Å². The Balaban J connectivity index is 1.82. The van der Waals surface area contributed by atoms with Crippen molar-refractivity contribution in [2.24, 2.45) is 0 Å². The smallest absolute Gasteiger partial charge is 0.254 e. The van der Waals surface area contributed by atoms with Gasteiger partial charge in [0.25, 0.3) is 5.91 Å². The van der Waals surface area contributed by atoms with E-state index in [0.717, 1.165) is 43.5 Å². The monoisotopic (exact) mass is 274 g/mol. The number of nitrogens with zero attached hydrogens (tertiary/aromatic N) is 1. The second-order valence-corrected chi connectivity index (χ2v) is 5.72. The molecule has 0 spiro atoms. The van der Waals surface area contributed by atoms with Crippen LogP contribution in [0.4, 0.5) is 0 Å². The van der Waals surface area contributed by atoms with E-state index in [1.54, 1.807) is 7.11 Å². The first-order valence-corrected chi connectivity index (χ1v) is 7.41. The summed E-state index contributed by atoms with van der Waals surface area (Å²) in [6, 6.07) is 8.59. The van der Waals surface area contributed by atoms with E-state index in [0.29, 0.717) is 18.7 Å². The predicted molar refractivity (Wildman–Crippen MR) is 77.6 cm³/mol. The first-order valence-electron chi connectivity index (χ1n) is 7.41. The van der Waals surface area contributed by atoms with Crippen molar-refractivity contribution in [2.45, 2.75) is 38.0 Å². The fraction of sp³-hybridized carbons (Fsp3) is 0.562. The fourth-order valence-corrected chi connectivity index (χ4v) is 3.42. The highest BCUT2D eigenvalue weighted by Crippen LogP contribution is 2.29. The maximum Gasteiger partial charge on any atom is 0.254 e. The predicted octanol–water partition coefficient (Wildman–Crippen LogP) is 1.80. The lowest BCUT2D eigenvalue weighted by Crippen LogP contribution is -2.42. The molecular weight excluding hydrogens is 252 g/mol. The number of rotatable bonds is 3. The largest absolute Gasteiger partial charge is 0.380 e. The van der Waals surface area contributed by atoms with Crippen LogP contribution in [0.3, 0.4) is 0 Å². The van der Waals surface area contributed by atoms with Gasteiger partial charge in [-0.15, -0.1) is 0 Å². The van der Waals surface area contributed by atoms with Crippen molar-refractivity contribution in [2.75, 3.05) is 20.2 Å². The van der Waals surface area contributed by atoms with Crippen LogP contribution in [-0.2, 0) is 11.3 Å². The van der Waals surface area contributed by atoms with Gasteiger partial charge < -0.3 is 15.0 Å². The third kappa shape index (κ3) is 2.58. The summed E-state index contributed by atoms with van der Waals surface area (Å²) < 4.78 is 5.15. The van der Waals surface area contributed by atoms with Crippen LogP contribution in [0, 0.1) is 0 Å². The molecule has 2 fully saturated rings. The molecule has 108 valence electrons. The number of carbonyl (C=O) groups is 1. The van der Waals surface area contributed by atoms with Crippen molar-refractivity contribution < 1.29 is 9.53 Å². The third-order valence-corrected chi connectivity index (χ3v) is 4.37. The molecule has 0 radical (unpaired) electrons. The van der Waals surface area contributed by atoms with E-state index >= 15 is 0 Å². The molecule has 2 heterocycles. The summed E-state index contributed by atoms with van der Waals surface area (Å²) in [7, 11) is 1.68. The quantitative estimate of drug-likeness (QED) is 0.914. The topological polar surface area (TPSA) is 41.6 Å². The normalized spacial score (nSPS) is 25.6. The molecule has 0 saturated carbocycles. The molecule has 3 rings (SSSR count). The highest BCUT2D eigenvalue weighted by atomic mass is 16.5. The minimum atomic E-state index is 0.180. The van der Waals surface area contributed by atoms with Crippen LogP contribution in [0.1, 0.15) is 35.2 Å². The Morgan fingerprint density at radius 2 is 2.20 bits per heavy atom. The molecule has 1 aromatic rings. The van der Waals surface area contributed by atoms with E-state index in [1.165, 1.54) is 0 Å². The molecule has 4 heteroatoms. The first kappa shape index (κ1) is 13.6. The van der Waals surface area contributed by atoms with Gasteiger partial charge in [0.2, 0.25) is 0 Å². The van der Waals surface area contributed by atoms with E-state index in [-0.39, 0.29) is 5.91 Å². The lowest BCUT2D eigenvalue weighted by atomic mass is 10.1. The molecule has 4 nitrogen and oxygen atoms in total. The second-order valence-electron chi connectivity index (χ2n) is 5.72. The first-order chi connectivity index (χ1) is 9.79. The van der Waals surface area contributed by atoms with Gasteiger partial charge >= 0.3 is 0 Å². The summed E-state index contributed by atoms with van der Waals surface area (Å²) in [6.07, 6.45) is 3.34. The van der Waals surface area contributed by atoms with Crippen molar-refractivity contribution in [1.82, 2.24) is 10.2 Å². The van der Waals surface area contributed by atoms with E-state index in [4.69, 9.17) is 4.74 Å². The Labute approximate surface area is 120 Å². The molecular formula is C16H22N2O2. The summed E-state index contributed by atoms with van der Waals surface area (Å²) in [4.78, 5) is 14.9. The highest BCUT2D eigenvalue weighted by molar-refractivity contribution is 5.95. The molecule has 2 aliphatic heterocycles. The minimum absolute atomic E-state index is 0.180. The fourth-order valence-electron chi connectivity index (χ4n) is 3.42. The zero-order valence-electron chi connectivity index (χ0n) is 12.0. The number of benzene rings is 1. The Kier molecular flexibility index (Phi) is 4.03. The Bertz CT molecular complexity index is 475. The Morgan fingerprint density at radius 1 is 1.35 bits per heavy atom. The van der Waals surface area contributed by atoms with Crippen molar-refractivity contribution in [3.63, 3.8) is 0 Å². The molecule has 1 amide bonds. The number of amides is 1. The molecule has 0 aliphatic carbocycles. The zero-order chi connectivity index (χ0) is 13.9. The average Bonchev–Trinajstić information content (AvgIpc) is 2.72. The molecule has 1 N–H and O–H groups in total. The standard InChI is InChI=1S/C16H22N2O2/c1-20-11-12-3-2-4-13(9-12)16(19)18-14-5-6-15(18)10-17-8-7-14/h2-4,9,14-15,17H,5-8,10-11H2,1H3/t14-,15+/m1/s1. The lowest BCUT2D eigenvalue weighted by molar-refractivity contribution is 0.0680. The molecule has 0 aromatic heterocycles. The van der Waals surface area contributed by atoms with Crippen LogP contribution in [0.5, 0.6) is 0 Å². The van der Waals surface area contributed by atoms with Crippen LogP contribution >= 0.6 is 0 Å². The summed E-state index contributed by atoms with van der Waals surface area (Å²) in [5.74, 6) is 0.180. The summed E-state index contributed by atoms with van der Waals surface area (Å²) in [6.45, 7) is 2.50. The van der Waals surface area contributed by atoms with Gasteiger partial charge in [0.05, 0.1) is 6.61 Å². The van der Waals surface area contributed by atoms with Gasteiger partial charge in [-0.3, -0.25) is 4.79 Å². The van der Waals surface area contributed by atoms with Gasteiger partial charge in [-0.05, 0) is 43.5 Å². The number of fused-ring (bicyclic) bond motifs is 2. The number of hydrogen-bond acceptors (Lipinski definition) is 3.